The maximum Gasteiger partial charge on any atom is 0.243 e. The summed E-state index contributed by atoms with van der Waals surface area (Å²) in [6.07, 6.45) is 4.05. The van der Waals surface area contributed by atoms with Crippen molar-refractivity contribution in [1.29, 1.82) is 0 Å². The largest absolute Gasteiger partial charge is 0.352 e. The Morgan fingerprint density at radius 3 is 2.32 bits per heavy atom. The summed E-state index contributed by atoms with van der Waals surface area (Å²) in [5, 5.41) is 4.82. The Balaban J connectivity index is 1.55. The topological polar surface area (TPSA) is 86.8 Å². The van der Waals surface area contributed by atoms with Gasteiger partial charge in [0.25, 0.3) is 0 Å². The van der Waals surface area contributed by atoms with Crippen LogP contribution in [0.15, 0.2) is 71.6 Å². The Hall–Kier alpha value is -3.23. The molecule has 2 amide bonds. The van der Waals surface area contributed by atoms with Gasteiger partial charge in [-0.05, 0) is 60.7 Å². The molecule has 0 unspecified atom stereocenters. The van der Waals surface area contributed by atoms with E-state index in [2.05, 4.69) is 5.32 Å². The molecule has 0 aliphatic heterocycles. The minimum Gasteiger partial charge on any atom is -0.352 e. The average Bonchev–Trinajstić information content (AvgIpc) is 3.40. The molecule has 196 valence electrons. The number of hydrogen-bond donors (Lipinski definition) is 1. The Morgan fingerprint density at radius 1 is 0.973 bits per heavy atom. The van der Waals surface area contributed by atoms with Gasteiger partial charge in [-0.3, -0.25) is 9.59 Å². The molecule has 3 aromatic carbocycles. The number of carbonyl (C=O) groups is 2. The molecule has 1 N–H and O–H groups in total. The van der Waals surface area contributed by atoms with Crippen molar-refractivity contribution in [3.05, 3.63) is 77.9 Å². The van der Waals surface area contributed by atoms with Crippen molar-refractivity contribution in [3.8, 4) is 0 Å². The summed E-state index contributed by atoms with van der Waals surface area (Å²) in [6.45, 7) is 3.51. The number of fused-ring (bicyclic) bond motifs is 1. The molecule has 1 atom stereocenters. The van der Waals surface area contributed by atoms with Crippen LogP contribution in [0.25, 0.3) is 10.8 Å². The average molecular weight is 522 g/mol. The Bertz CT molecular complexity index is 1380. The molecule has 1 fully saturated rings. The molecule has 0 bridgehead atoms. The molecule has 0 aromatic heterocycles. The molecular weight excluding hydrogens is 486 g/mol. The van der Waals surface area contributed by atoms with Crippen molar-refractivity contribution in [2.45, 2.75) is 63.1 Å². The summed E-state index contributed by atoms with van der Waals surface area (Å²) in [7, 11) is -2.52. The van der Waals surface area contributed by atoms with Crippen LogP contribution in [0.1, 0.15) is 43.7 Å². The number of likely N-dealkylation sites (N-methyl/N-ethyl adjacent to an activating group) is 1. The predicted molar refractivity (Wildman–Crippen MR) is 145 cm³/mol. The zero-order valence-corrected chi connectivity index (χ0v) is 22.5. The van der Waals surface area contributed by atoms with E-state index in [-0.39, 0.29) is 29.9 Å². The number of carbonyl (C=O) groups excluding carboxylic acids is 2. The molecule has 1 aliphatic carbocycles. The van der Waals surface area contributed by atoms with Crippen LogP contribution in [0.4, 0.5) is 0 Å². The van der Waals surface area contributed by atoms with Gasteiger partial charge >= 0.3 is 0 Å². The highest BCUT2D eigenvalue weighted by molar-refractivity contribution is 7.89. The zero-order chi connectivity index (χ0) is 26.6. The first-order valence-corrected chi connectivity index (χ1v) is 14.2. The third-order valence-corrected chi connectivity index (χ3v) is 9.06. The first-order valence-electron chi connectivity index (χ1n) is 12.8. The number of amides is 2. The fourth-order valence-corrected chi connectivity index (χ4v) is 5.98. The number of aryl methyl sites for hydroxylation is 1. The predicted octanol–water partition coefficient (Wildman–Crippen LogP) is 4.24. The highest BCUT2D eigenvalue weighted by Crippen LogP contribution is 2.22. The summed E-state index contributed by atoms with van der Waals surface area (Å²) in [5.41, 5.74) is 1.91. The molecule has 3 aromatic rings. The molecular formula is C29H35N3O4S. The van der Waals surface area contributed by atoms with Gasteiger partial charge in [0.05, 0.1) is 11.4 Å². The summed E-state index contributed by atoms with van der Waals surface area (Å²) in [5.74, 6) is -0.641. The standard InChI is InChI=1S/C29H35N3O4S/c1-21-10-4-5-13-25(21)19-32(22(2)29(34)30-26-14-8-9-15-26)28(33)20-31(3)37(35,36)27-17-16-23-11-6-7-12-24(23)18-27/h4-7,10-13,16-18,22,26H,8-9,14-15,19-20H2,1-3H3,(H,30,34)/t22-/m1/s1. The van der Waals surface area contributed by atoms with E-state index in [1.807, 2.05) is 55.5 Å². The molecule has 8 heteroatoms. The van der Waals surface area contributed by atoms with E-state index in [1.165, 1.54) is 11.9 Å². The van der Waals surface area contributed by atoms with Gasteiger partial charge in [-0.1, -0.05) is 67.4 Å². The van der Waals surface area contributed by atoms with Crippen molar-refractivity contribution < 1.29 is 18.0 Å². The first-order chi connectivity index (χ1) is 17.7. The van der Waals surface area contributed by atoms with Crippen LogP contribution >= 0.6 is 0 Å². The number of sulfonamides is 1. The molecule has 1 saturated carbocycles. The van der Waals surface area contributed by atoms with Gasteiger partial charge in [0.1, 0.15) is 6.04 Å². The van der Waals surface area contributed by atoms with Crippen molar-refractivity contribution in [2.75, 3.05) is 13.6 Å². The number of nitrogens with one attached hydrogen (secondary N) is 1. The number of nitrogens with zero attached hydrogens (tertiary/aromatic N) is 2. The van der Waals surface area contributed by atoms with Crippen molar-refractivity contribution in [3.63, 3.8) is 0 Å². The Labute approximate surface area is 219 Å². The third-order valence-electron chi connectivity index (χ3n) is 7.26. The molecule has 4 rings (SSSR count). The van der Waals surface area contributed by atoms with E-state index in [9.17, 15) is 18.0 Å². The van der Waals surface area contributed by atoms with E-state index in [0.29, 0.717) is 0 Å². The van der Waals surface area contributed by atoms with Gasteiger partial charge in [0, 0.05) is 19.6 Å². The van der Waals surface area contributed by atoms with Crippen LogP contribution in [0.5, 0.6) is 0 Å². The van der Waals surface area contributed by atoms with Crippen LogP contribution < -0.4 is 5.32 Å². The first kappa shape index (κ1) is 26.8. The van der Waals surface area contributed by atoms with Gasteiger partial charge in [-0.15, -0.1) is 0 Å². The second-order valence-corrected chi connectivity index (χ2v) is 11.9. The minimum atomic E-state index is -3.92. The van der Waals surface area contributed by atoms with Crippen LogP contribution in [0.3, 0.4) is 0 Å². The van der Waals surface area contributed by atoms with Crippen molar-refractivity contribution >= 4 is 32.6 Å². The van der Waals surface area contributed by atoms with Crippen LogP contribution in [-0.4, -0.2) is 55.1 Å². The van der Waals surface area contributed by atoms with Crippen LogP contribution in [-0.2, 0) is 26.2 Å². The molecule has 7 nitrogen and oxygen atoms in total. The molecule has 0 heterocycles. The van der Waals surface area contributed by atoms with E-state index in [1.54, 1.807) is 25.1 Å². The lowest BCUT2D eigenvalue weighted by molar-refractivity contribution is -0.140. The van der Waals surface area contributed by atoms with E-state index >= 15 is 0 Å². The third kappa shape index (κ3) is 6.19. The van der Waals surface area contributed by atoms with Crippen molar-refractivity contribution in [2.24, 2.45) is 0 Å². The highest BCUT2D eigenvalue weighted by atomic mass is 32.2. The van der Waals surface area contributed by atoms with Crippen LogP contribution in [0, 0.1) is 6.92 Å². The molecule has 0 spiro atoms. The summed E-state index contributed by atoms with van der Waals surface area (Å²) in [4.78, 5) is 28.3. The van der Waals surface area contributed by atoms with Gasteiger partial charge in [-0.2, -0.15) is 4.31 Å². The van der Waals surface area contributed by atoms with Gasteiger partial charge < -0.3 is 10.2 Å². The monoisotopic (exact) mass is 521 g/mol. The quantitative estimate of drug-likeness (QED) is 0.456. The summed E-state index contributed by atoms with van der Waals surface area (Å²) < 4.78 is 27.8. The van der Waals surface area contributed by atoms with Crippen molar-refractivity contribution in [1.82, 2.24) is 14.5 Å². The van der Waals surface area contributed by atoms with E-state index in [0.717, 1.165) is 51.9 Å². The lowest BCUT2D eigenvalue weighted by atomic mass is 10.1. The second-order valence-electron chi connectivity index (χ2n) is 9.88. The maximum absolute atomic E-state index is 13.6. The molecule has 0 radical (unpaired) electrons. The Morgan fingerprint density at radius 2 is 1.62 bits per heavy atom. The number of rotatable bonds is 9. The SMILES string of the molecule is Cc1ccccc1CN(C(=O)CN(C)S(=O)(=O)c1ccc2ccccc2c1)[C@H](C)C(=O)NC1CCCC1. The fourth-order valence-electron chi connectivity index (χ4n) is 4.82. The molecule has 37 heavy (non-hydrogen) atoms. The lowest BCUT2D eigenvalue weighted by Gasteiger charge is -2.31. The fraction of sp³-hybridized carbons (Fsp3) is 0.379. The maximum atomic E-state index is 13.6. The normalized spacial score (nSPS) is 15.1. The Kier molecular flexibility index (Phi) is 8.29. The van der Waals surface area contributed by atoms with Gasteiger partial charge in [0.15, 0.2) is 0 Å². The van der Waals surface area contributed by atoms with E-state index in [4.69, 9.17) is 0 Å². The second kappa shape index (κ2) is 11.4. The van der Waals surface area contributed by atoms with E-state index < -0.39 is 22.0 Å². The number of hydrogen-bond acceptors (Lipinski definition) is 4. The zero-order valence-electron chi connectivity index (χ0n) is 21.7. The highest BCUT2D eigenvalue weighted by Gasteiger charge is 2.31. The molecule has 1 aliphatic rings. The smallest absolute Gasteiger partial charge is 0.243 e. The number of benzene rings is 3. The summed E-state index contributed by atoms with van der Waals surface area (Å²) >= 11 is 0. The minimum absolute atomic E-state index is 0.124. The molecule has 0 saturated heterocycles. The lowest BCUT2D eigenvalue weighted by Crippen LogP contribution is -2.52. The summed E-state index contributed by atoms with van der Waals surface area (Å²) in [6, 6.07) is 19.5. The van der Waals surface area contributed by atoms with Crippen LogP contribution in [0.2, 0.25) is 0 Å². The van der Waals surface area contributed by atoms with Gasteiger partial charge in [-0.25, -0.2) is 8.42 Å². The van der Waals surface area contributed by atoms with Gasteiger partial charge in [0.2, 0.25) is 21.8 Å².